The number of nitrogens with zero attached hydrogens (tertiary/aromatic N) is 3. The number of likely N-dealkylation sites (tertiary alicyclic amines) is 1. The van der Waals surface area contributed by atoms with Crippen molar-refractivity contribution in [2.24, 2.45) is 0 Å². The SMILES string of the molecule is CC(C)N1CCC[C@H]1Cn1cc(C(=O)O)cn1. The Morgan fingerprint density at radius 1 is 1.65 bits per heavy atom. The third-order valence-corrected chi connectivity index (χ3v) is 3.36. The lowest BCUT2D eigenvalue weighted by Crippen LogP contribution is -2.38. The lowest BCUT2D eigenvalue weighted by atomic mass is 10.2. The average Bonchev–Trinajstić information content (AvgIpc) is 2.86. The highest BCUT2D eigenvalue weighted by Gasteiger charge is 2.26. The predicted molar refractivity (Wildman–Crippen MR) is 64.1 cm³/mol. The zero-order valence-corrected chi connectivity index (χ0v) is 10.3. The molecule has 0 saturated carbocycles. The van der Waals surface area contributed by atoms with E-state index in [9.17, 15) is 4.79 Å². The fourth-order valence-electron chi connectivity index (χ4n) is 2.52. The van der Waals surface area contributed by atoms with E-state index in [-0.39, 0.29) is 5.56 Å². The Hall–Kier alpha value is -1.36. The Morgan fingerprint density at radius 3 is 3.00 bits per heavy atom. The van der Waals surface area contributed by atoms with Gasteiger partial charge in [-0.1, -0.05) is 0 Å². The highest BCUT2D eigenvalue weighted by molar-refractivity contribution is 5.86. The van der Waals surface area contributed by atoms with Crippen molar-refractivity contribution >= 4 is 5.97 Å². The molecule has 17 heavy (non-hydrogen) atoms. The molecule has 0 aromatic carbocycles. The molecule has 2 rings (SSSR count). The molecule has 1 aromatic heterocycles. The van der Waals surface area contributed by atoms with Crippen molar-refractivity contribution in [2.45, 2.75) is 45.3 Å². The van der Waals surface area contributed by atoms with Crippen LogP contribution in [-0.4, -0.2) is 44.4 Å². The van der Waals surface area contributed by atoms with Crippen LogP contribution in [0.5, 0.6) is 0 Å². The van der Waals surface area contributed by atoms with E-state index in [0.717, 1.165) is 13.1 Å². The lowest BCUT2D eigenvalue weighted by molar-refractivity contribution is 0.0696. The molecule has 5 heteroatoms. The Balaban J connectivity index is 2.02. The van der Waals surface area contributed by atoms with E-state index in [1.807, 2.05) is 0 Å². The topological polar surface area (TPSA) is 58.4 Å². The maximum absolute atomic E-state index is 10.8. The Labute approximate surface area is 101 Å². The van der Waals surface area contributed by atoms with Crippen LogP contribution in [0.2, 0.25) is 0 Å². The van der Waals surface area contributed by atoms with Gasteiger partial charge in [0.2, 0.25) is 0 Å². The molecule has 94 valence electrons. The largest absolute Gasteiger partial charge is 0.478 e. The molecule has 0 amide bonds. The van der Waals surface area contributed by atoms with Gasteiger partial charge in [-0.25, -0.2) is 4.79 Å². The molecule has 1 fully saturated rings. The third-order valence-electron chi connectivity index (χ3n) is 3.36. The molecule has 2 heterocycles. The van der Waals surface area contributed by atoms with E-state index in [2.05, 4.69) is 23.8 Å². The van der Waals surface area contributed by atoms with Crippen LogP contribution in [0.3, 0.4) is 0 Å². The fourth-order valence-corrected chi connectivity index (χ4v) is 2.52. The summed E-state index contributed by atoms with van der Waals surface area (Å²) in [7, 11) is 0. The summed E-state index contributed by atoms with van der Waals surface area (Å²) in [6, 6.07) is 1.02. The molecule has 0 bridgehead atoms. The molecule has 1 aliphatic heterocycles. The first-order chi connectivity index (χ1) is 8.08. The van der Waals surface area contributed by atoms with Crippen LogP contribution in [0.1, 0.15) is 37.0 Å². The third kappa shape index (κ3) is 2.66. The van der Waals surface area contributed by atoms with Gasteiger partial charge in [-0.05, 0) is 33.2 Å². The standard InChI is InChI=1S/C12H19N3O2/c1-9(2)15-5-3-4-11(15)8-14-7-10(6-13-14)12(16)17/h6-7,9,11H,3-5,8H2,1-2H3,(H,16,17)/t11-/m0/s1. The van der Waals surface area contributed by atoms with Gasteiger partial charge in [0, 0.05) is 18.3 Å². The summed E-state index contributed by atoms with van der Waals surface area (Å²) in [5.74, 6) is -0.914. The molecule has 0 unspecified atom stereocenters. The molecule has 0 radical (unpaired) electrons. The summed E-state index contributed by atoms with van der Waals surface area (Å²) in [4.78, 5) is 13.2. The van der Waals surface area contributed by atoms with Gasteiger partial charge < -0.3 is 5.11 Å². The number of carboxylic acid groups (broad SMARTS) is 1. The molecular weight excluding hydrogens is 218 g/mol. The van der Waals surface area contributed by atoms with Crippen LogP contribution < -0.4 is 0 Å². The summed E-state index contributed by atoms with van der Waals surface area (Å²) >= 11 is 0. The van der Waals surface area contributed by atoms with Crippen LogP contribution in [0, 0.1) is 0 Å². The number of carbonyl (C=O) groups is 1. The molecule has 1 aromatic rings. The number of hydrogen-bond acceptors (Lipinski definition) is 3. The minimum absolute atomic E-state index is 0.263. The van der Waals surface area contributed by atoms with Gasteiger partial charge in [0.25, 0.3) is 0 Å². The molecule has 1 N–H and O–H groups in total. The van der Waals surface area contributed by atoms with Crippen LogP contribution >= 0.6 is 0 Å². The predicted octanol–water partition coefficient (Wildman–Crippen LogP) is 1.45. The van der Waals surface area contributed by atoms with Crippen molar-refractivity contribution in [3.8, 4) is 0 Å². The highest BCUT2D eigenvalue weighted by Crippen LogP contribution is 2.21. The first-order valence-corrected chi connectivity index (χ1v) is 6.09. The molecule has 0 aliphatic carbocycles. The molecule has 1 atom stereocenters. The Bertz CT molecular complexity index is 400. The smallest absolute Gasteiger partial charge is 0.338 e. The summed E-state index contributed by atoms with van der Waals surface area (Å²) < 4.78 is 1.74. The monoisotopic (exact) mass is 237 g/mol. The fraction of sp³-hybridized carbons (Fsp3) is 0.667. The lowest BCUT2D eigenvalue weighted by Gasteiger charge is -2.28. The van der Waals surface area contributed by atoms with Crippen LogP contribution in [0.25, 0.3) is 0 Å². The van der Waals surface area contributed by atoms with Gasteiger partial charge >= 0.3 is 5.97 Å². The molecular formula is C12H19N3O2. The normalized spacial score (nSPS) is 21.2. The minimum Gasteiger partial charge on any atom is -0.478 e. The van der Waals surface area contributed by atoms with E-state index in [0.29, 0.717) is 12.1 Å². The van der Waals surface area contributed by atoms with Crippen molar-refractivity contribution in [1.29, 1.82) is 0 Å². The Kier molecular flexibility index (Phi) is 3.47. The number of aromatic nitrogens is 2. The number of aromatic carboxylic acids is 1. The average molecular weight is 237 g/mol. The summed E-state index contributed by atoms with van der Waals surface area (Å²) in [6.45, 7) is 6.31. The van der Waals surface area contributed by atoms with Crippen LogP contribution in [0.4, 0.5) is 0 Å². The van der Waals surface area contributed by atoms with E-state index in [1.54, 1.807) is 10.9 Å². The second-order valence-electron chi connectivity index (χ2n) is 4.88. The van der Waals surface area contributed by atoms with E-state index in [1.165, 1.54) is 19.0 Å². The van der Waals surface area contributed by atoms with Crippen LogP contribution in [0.15, 0.2) is 12.4 Å². The van der Waals surface area contributed by atoms with Gasteiger partial charge in [-0.3, -0.25) is 9.58 Å². The second kappa shape index (κ2) is 4.87. The van der Waals surface area contributed by atoms with E-state index < -0.39 is 5.97 Å². The molecule has 1 saturated heterocycles. The van der Waals surface area contributed by atoms with Gasteiger partial charge in [0.05, 0.1) is 18.3 Å². The highest BCUT2D eigenvalue weighted by atomic mass is 16.4. The van der Waals surface area contributed by atoms with Crippen molar-refractivity contribution in [1.82, 2.24) is 14.7 Å². The van der Waals surface area contributed by atoms with Crippen molar-refractivity contribution < 1.29 is 9.90 Å². The maximum atomic E-state index is 10.8. The minimum atomic E-state index is -0.914. The summed E-state index contributed by atoms with van der Waals surface area (Å²) in [5.41, 5.74) is 0.263. The van der Waals surface area contributed by atoms with Crippen molar-refractivity contribution in [3.05, 3.63) is 18.0 Å². The summed E-state index contributed by atoms with van der Waals surface area (Å²) in [6.07, 6.45) is 5.41. The zero-order chi connectivity index (χ0) is 12.4. The second-order valence-corrected chi connectivity index (χ2v) is 4.88. The summed E-state index contributed by atoms with van der Waals surface area (Å²) in [5, 5.41) is 12.9. The molecule has 0 spiro atoms. The van der Waals surface area contributed by atoms with Gasteiger partial charge in [-0.15, -0.1) is 0 Å². The number of carboxylic acids is 1. The zero-order valence-electron chi connectivity index (χ0n) is 10.3. The first-order valence-electron chi connectivity index (χ1n) is 6.09. The van der Waals surface area contributed by atoms with Crippen LogP contribution in [-0.2, 0) is 6.54 Å². The van der Waals surface area contributed by atoms with Gasteiger partial charge in [0.15, 0.2) is 0 Å². The Morgan fingerprint density at radius 2 is 2.41 bits per heavy atom. The first kappa shape index (κ1) is 12.1. The van der Waals surface area contributed by atoms with E-state index in [4.69, 9.17) is 5.11 Å². The van der Waals surface area contributed by atoms with Gasteiger partial charge in [-0.2, -0.15) is 5.10 Å². The quantitative estimate of drug-likeness (QED) is 0.861. The number of hydrogen-bond donors (Lipinski definition) is 1. The number of rotatable bonds is 4. The molecule has 1 aliphatic rings. The van der Waals surface area contributed by atoms with Gasteiger partial charge in [0.1, 0.15) is 0 Å². The maximum Gasteiger partial charge on any atom is 0.338 e. The van der Waals surface area contributed by atoms with Crippen molar-refractivity contribution in [2.75, 3.05) is 6.54 Å². The van der Waals surface area contributed by atoms with E-state index >= 15 is 0 Å². The van der Waals surface area contributed by atoms with Crippen molar-refractivity contribution in [3.63, 3.8) is 0 Å². The molecule has 5 nitrogen and oxygen atoms in total.